The van der Waals surface area contributed by atoms with Gasteiger partial charge in [0.15, 0.2) is 0 Å². The van der Waals surface area contributed by atoms with Crippen LogP contribution in [0, 0.1) is 13.8 Å². The van der Waals surface area contributed by atoms with Crippen molar-refractivity contribution in [2.75, 3.05) is 40.3 Å². The molecule has 0 saturated carbocycles. The highest BCUT2D eigenvalue weighted by Gasteiger charge is 2.21. The highest BCUT2D eigenvalue weighted by Crippen LogP contribution is 2.16. The minimum atomic E-state index is 0.617. The third-order valence-corrected chi connectivity index (χ3v) is 4.78. The number of likely N-dealkylation sites (N-methyl/N-ethyl adjacent to an activating group) is 2. The summed E-state index contributed by atoms with van der Waals surface area (Å²) in [6, 6.07) is 0.617. The van der Waals surface area contributed by atoms with Crippen molar-refractivity contribution < 1.29 is 0 Å². The molecule has 1 fully saturated rings. The van der Waals surface area contributed by atoms with Crippen LogP contribution in [-0.4, -0.2) is 61.1 Å². The van der Waals surface area contributed by atoms with Crippen LogP contribution < -0.4 is 5.32 Å². The van der Waals surface area contributed by atoms with Crippen LogP contribution in [0.5, 0.6) is 0 Å². The second-order valence-electron chi connectivity index (χ2n) is 5.28. The van der Waals surface area contributed by atoms with E-state index < -0.39 is 0 Å². The van der Waals surface area contributed by atoms with Gasteiger partial charge in [-0.3, -0.25) is 4.90 Å². The lowest BCUT2D eigenvalue weighted by molar-refractivity contribution is 0.113. The molecule has 0 aromatic carbocycles. The first kappa shape index (κ1) is 13.9. The molecule has 18 heavy (non-hydrogen) atoms. The summed E-state index contributed by atoms with van der Waals surface area (Å²) in [5.74, 6) is 0. The molecule has 4 nitrogen and oxygen atoms in total. The van der Waals surface area contributed by atoms with Crippen LogP contribution in [0.25, 0.3) is 0 Å². The molecule has 1 aliphatic rings. The van der Waals surface area contributed by atoms with E-state index in [0.717, 1.165) is 26.2 Å². The minimum absolute atomic E-state index is 0.617. The van der Waals surface area contributed by atoms with E-state index in [9.17, 15) is 0 Å². The molecule has 0 spiro atoms. The van der Waals surface area contributed by atoms with Gasteiger partial charge in [-0.15, -0.1) is 11.3 Å². The first-order chi connectivity index (χ1) is 8.56. The lowest BCUT2D eigenvalue weighted by Gasteiger charge is -2.37. The number of nitrogens with one attached hydrogen (secondary N) is 1. The monoisotopic (exact) mass is 268 g/mol. The molecule has 0 bridgehead atoms. The molecule has 1 aliphatic heterocycles. The number of thiazole rings is 1. The molecule has 2 heterocycles. The van der Waals surface area contributed by atoms with Crippen molar-refractivity contribution in [1.29, 1.82) is 0 Å². The van der Waals surface area contributed by atoms with E-state index >= 15 is 0 Å². The lowest BCUT2D eigenvalue weighted by Crippen LogP contribution is -2.53. The Labute approximate surface area is 114 Å². The van der Waals surface area contributed by atoms with Gasteiger partial charge in [0.1, 0.15) is 5.01 Å². The van der Waals surface area contributed by atoms with Crippen LogP contribution in [0.1, 0.15) is 15.6 Å². The Kier molecular flexibility index (Phi) is 4.72. The van der Waals surface area contributed by atoms with Gasteiger partial charge < -0.3 is 10.2 Å². The molecular formula is C13H24N4S. The predicted molar refractivity (Wildman–Crippen MR) is 77.2 cm³/mol. The second-order valence-corrected chi connectivity index (χ2v) is 6.56. The maximum Gasteiger partial charge on any atom is 0.107 e. The third-order valence-electron chi connectivity index (χ3n) is 3.71. The van der Waals surface area contributed by atoms with Crippen LogP contribution in [0.2, 0.25) is 0 Å². The van der Waals surface area contributed by atoms with E-state index in [1.54, 1.807) is 11.3 Å². The van der Waals surface area contributed by atoms with Crippen LogP contribution in [0.3, 0.4) is 0 Å². The average Bonchev–Trinajstić information content (AvgIpc) is 2.63. The first-order valence-electron chi connectivity index (χ1n) is 6.58. The van der Waals surface area contributed by atoms with E-state index in [1.165, 1.54) is 22.1 Å². The Morgan fingerprint density at radius 3 is 2.78 bits per heavy atom. The van der Waals surface area contributed by atoms with Crippen molar-refractivity contribution in [2.45, 2.75) is 26.4 Å². The van der Waals surface area contributed by atoms with Crippen LogP contribution >= 0.6 is 11.3 Å². The molecule has 0 radical (unpaired) electrons. The van der Waals surface area contributed by atoms with Gasteiger partial charge in [-0.2, -0.15) is 0 Å². The molecule has 1 aromatic heterocycles. The van der Waals surface area contributed by atoms with E-state index in [0.29, 0.717) is 6.04 Å². The summed E-state index contributed by atoms with van der Waals surface area (Å²) >= 11 is 1.80. The fourth-order valence-electron chi connectivity index (χ4n) is 2.28. The zero-order valence-electron chi connectivity index (χ0n) is 11.9. The zero-order chi connectivity index (χ0) is 13.1. The summed E-state index contributed by atoms with van der Waals surface area (Å²) in [5, 5.41) is 4.75. The van der Waals surface area contributed by atoms with E-state index in [1.807, 2.05) is 0 Å². The summed E-state index contributed by atoms with van der Waals surface area (Å²) < 4.78 is 0. The Morgan fingerprint density at radius 2 is 2.11 bits per heavy atom. The van der Waals surface area contributed by atoms with Crippen molar-refractivity contribution >= 4 is 11.3 Å². The molecule has 5 heteroatoms. The normalized spacial score (nSPS) is 22.6. The Hall–Kier alpha value is -0.490. The highest BCUT2D eigenvalue weighted by molar-refractivity contribution is 7.11. The van der Waals surface area contributed by atoms with Crippen LogP contribution in [0.4, 0.5) is 0 Å². The number of hydrogen-bond donors (Lipinski definition) is 1. The molecule has 1 atom stereocenters. The Morgan fingerprint density at radius 1 is 1.33 bits per heavy atom. The van der Waals surface area contributed by atoms with Gasteiger partial charge in [-0.05, 0) is 27.9 Å². The van der Waals surface area contributed by atoms with Crippen molar-refractivity contribution in [3.05, 3.63) is 15.6 Å². The van der Waals surface area contributed by atoms with E-state index in [2.05, 4.69) is 48.0 Å². The smallest absolute Gasteiger partial charge is 0.107 e. The van der Waals surface area contributed by atoms with Crippen molar-refractivity contribution in [3.8, 4) is 0 Å². The maximum atomic E-state index is 4.56. The van der Waals surface area contributed by atoms with Crippen LogP contribution in [-0.2, 0) is 6.54 Å². The summed E-state index contributed by atoms with van der Waals surface area (Å²) in [4.78, 5) is 10.7. The zero-order valence-corrected chi connectivity index (χ0v) is 12.7. The number of hydrogen-bond acceptors (Lipinski definition) is 5. The molecule has 1 unspecified atom stereocenters. The molecule has 1 N–H and O–H groups in total. The van der Waals surface area contributed by atoms with Crippen molar-refractivity contribution in [3.63, 3.8) is 0 Å². The topological polar surface area (TPSA) is 31.4 Å². The van der Waals surface area contributed by atoms with Gasteiger partial charge in [0.25, 0.3) is 0 Å². The number of aryl methyl sites for hydroxylation is 2. The molecule has 1 saturated heterocycles. The fourth-order valence-corrected chi connectivity index (χ4v) is 3.19. The Balaban J connectivity index is 1.77. The molecule has 102 valence electrons. The van der Waals surface area contributed by atoms with Crippen molar-refractivity contribution in [2.24, 2.45) is 0 Å². The molecular weight excluding hydrogens is 244 g/mol. The largest absolute Gasteiger partial charge is 0.309 e. The van der Waals surface area contributed by atoms with Gasteiger partial charge in [0.2, 0.25) is 0 Å². The standard InChI is InChI=1S/C13H24N4S/c1-10-11(2)18-13(15-10)8-14-7-12-9-16(3)5-6-17(12)4/h12,14H,5-9H2,1-4H3. The average molecular weight is 268 g/mol. The maximum absolute atomic E-state index is 4.56. The SMILES string of the molecule is Cc1nc(CNCC2CN(C)CCN2C)sc1C. The predicted octanol–water partition coefficient (Wildman–Crippen LogP) is 1.10. The van der Waals surface area contributed by atoms with E-state index in [-0.39, 0.29) is 0 Å². The van der Waals surface area contributed by atoms with Gasteiger partial charge in [0, 0.05) is 43.6 Å². The number of rotatable bonds is 4. The number of nitrogens with zero attached hydrogens (tertiary/aromatic N) is 3. The minimum Gasteiger partial charge on any atom is -0.309 e. The highest BCUT2D eigenvalue weighted by atomic mass is 32.1. The summed E-state index contributed by atoms with van der Waals surface area (Å²) in [7, 11) is 4.42. The number of piperazine rings is 1. The summed E-state index contributed by atoms with van der Waals surface area (Å²) in [6.45, 7) is 9.65. The molecule has 2 rings (SSSR count). The third kappa shape index (κ3) is 3.51. The van der Waals surface area contributed by atoms with Crippen molar-refractivity contribution in [1.82, 2.24) is 20.1 Å². The summed E-state index contributed by atoms with van der Waals surface area (Å²) in [5.41, 5.74) is 1.17. The quantitative estimate of drug-likeness (QED) is 0.886. The Bertz CT molecular complexity index is 371. The molecule has 1 aromatic rings. The molecule has 0 amide bonds. The summed E-state index contributed by atoms with van der Waals surface area (Å²) in [6.07, 6.45) is 0. The van der Waals surface area contributed by atoms with Gasteiger partial charge in [0.05, 0.1) is 5.69 Å². The van der Waals surface area contributed by atoms with Gasteiger partial charge in [-0.25, -0.2) is 4.98 Å². The number of aromatic nitrogens is 1. The lowest BCUT2D eigenvalue weighted by atomic mass is 10.2. The second kappa shape index (κ2) is 6.10. The first-order valence-corrected chi connectivity index (χ1v) is 7.40. The van der Waals surface area contributed by atoms with Gasteiger partial charge in [-0.1, -0.05) is 0 Å². The van der Waals surface area contributed by atoms with Gasteiger partial charge >= 0.3 is 0 Å². The van der Waals surface area contributed by atoms with Crippen LogP contribution in [0.15, 0.2) is 0 Å². The van der Waals surface area contributed by atoms with E-state index in [4.69, 9.17) is 0 Å². The molecule has 0 aliphatic carbocycles. The fraction of sp³-hybridized carbons (Fsp3) is 0.769.